The van der Waals surface area contributed by atoms with Crippen LogP contribution in [0.25, 0.3) is 5.95 Å². The van der Waals surface area contributed by atoms with Gasteiger partial charge in [0.15, 0.2) is 5.75 Å². The molecular weight excluding hydrogens is 280 g/mol. The first kappa shape index (κ1) is 12.5. The van der Waals surface area contributed by atoms with E-state index in [1.54, 1.807) is 36.8 Å². The van der Waals surface area contributed by atoms with Crippen molar-refractivity contribution in [2.24, 2.45) is 0 Å². The number of halogens is 1. The van der Waals surface area contributed by atoms with Crippen LogP contribution in [0, 0.1) is 6.92 Å². The van der Waals surface area contributed by atoms with Crippen LogP contribution in [0.5, 0.6) is 11.8 Å². The fourth-order valence-electron chi connectivity index (χ4n) is 1.53. The number of nitrogens with zero attached hydrogens (tertiary/aromatic N) is 6. The molecule has 0 amide bonds. The van der Waals surface area contributed by atoms with Crippen LogP contribution >= 0.6 is 11.6 Å². The lowest BCUT2D eigenvalue weighted by Crippen LogP contribution is -2.05. The molecule has 3 heterocycles. The molecule has 0 fully saturated rings. The Kier molecular flexibility index (Phi) is 3.26. The highest BCUT2D eigenvalue weighted by Crippen LogP contribution is 2.21. The summed E-state index contributed by atoms with van der Waals surface area (Å²) in [6.07, 6.45) is 4.99. The first-order chi connectivity index (χ1) is 9.72. The van der Waals surface area contributed by atoms with E-state index in [1.807, 2.05) is 6.92 Å². The standard InChI is InChI=1S/C12H9ClN6O/c1-8-9(4-2-5-14-8)20-12-17-10(13)16-11(18-12)19-7-3-6-15-19/h2-7H,1H3. The second kappa shape index (κ2) is 5.22. The molecule has 0 radical (unpaired) electrons. The van der Waals surface area contributed by atoms with Gasteiger partial charge in [0.1, 0.15) is 0 Å². The maximum absolute atomic E-state index is 5.87. The van der Waals surface area contributed by atoms with Crippen molar-refractivity contribution in [1.82, 2.24) is 29.7 Å². The normalized spacial score (nSPS) is 10.5. The minimum atomic E-state index is 0.0297. The van der Waals surface area contributed by atoms with Crippen molar-refractivity contribution < 1.29 is 4.74 Å². The van der Waals surface area contributed by atoms with E-state index in [1.165, 1.54) is 4.68 Å². The first-order valence-electron chi connectivity index (χ1n) is 5.73. The minimum Gasteiger partial charge on any atom is -0.422 e. The summed E-state index contributed by atoms with van der Waals surface area (Å²) in [4.78, 5) is 16.2. The smallest absolute Gasteiger partial charge is 0.328 e. The van der Waals surface area contributed by atoms with Gasteiger partial charge in [-0.25, -0.2) is 4.68 Å². The van der Waals surface area contributed by atoms with Crippen molar-refractivity contribution in [2.45, 2.75) is 6.92 Å². The zero-order chi connectivity index (χ0) is 13.9. The molecule has 0 aromatic carbocycles. The summed E-state index contributed by atoms with van der Waals surface area (Å²) in [7, 11) is 0. The van der Waals surface area contributed by atoms with Crippen LogP contribution in [-0.2, 0) is 0 Å². The Labute approximate surface area is 119 Å². The molecule has 20 heavy (non-hydrogen) atoms. The van der Waals surface area contributed by atoms with Crippen LogP contribution in [-0.4, -0.2) is 29.7 Å². The van der Waals surface area contributed by atoms with Gasteiger partial charge in [0.05, 0.1) is 5.69 Å². The second-order valence-electron chi connectivity index (χ2n) is 3.83. The number of hydrogen-bond acceptors (Lipinski definition) is 6. The largest absolute Gasteiger partial charge is 0.422 e. The zero-order valence-electron chi connectivity index (χ0n) is 10.4. The van der Waals surface area contributed by atoms with Crippen molar-refractivity contribution >= 4 is 11.6 Å². The molecule has 0 aliphatic rings. The third kappa shape index (κ3) is 2.57. The number of pyridine rings is 1. The minimum absolute atomic E-state index is 0.0297. The van der Waals surface area contributed by atoms with E-state index in [9.17, 15) is 0 Å². The van der Waals surface area contributed by atoms with Crippen LogP contribution in [0.15, 0.2) is 36.8 Å². The summed E-state index contributed by atoms with van der Waals surface area (Å²) in [6, 6.07) is 5.38. The Morgan fingerprint density at radius 2 is 2.05 bits per heavy atom. The average molecular weight is 289 g/mol. The van der Waals surface area contributed by atoms with Crippen LogP contribution in [0.2, 0.25) is 5.28 Å². The highest BCUT2D eigenvalue weighted by Gasteiger charge is 2.10. The van der Waals surface area contributed by atoms with Crippen LogP contribution < -0.4 is 4.74 Å². The number of hydrogen-bond donors (Lipinski definition) is 0. The van der Waals surface area contributed by atoms with E-state index >= 15 is 0 Å². The number of rotatable bonds is 3. The first-order valence-corrected chi connectivity index (χ1v) is 6.11. The fourth-order valence-corrected chi connectivity index (χ4v) is 1.68. The molecule has 7 nitrogen and oxygen atoms in total. The van der Waals surface area contributed by atoms with Crippen LogP contribution in [0.3, 0.4) is 0 Å². The van der Waals surface area contributed by atoms with Crippen molar-refractivity contribution in [3.05, 3.63) is 47.8 Å². The second-order valence-corrected chi connectivity index (χ2v) is 4.16. The van der Waals surface area contributed by atoms with E-state index in [-0.39, 0.29) is 17.2 Å². The van der Waals surface area contributed by atoms with Crippen LogP contribution in [0.1, 0.15) is 5.69 Å². The van der Waals surface area contributed by atoms with Gasteiger partial charge in [0, 0.05) is 18.6 Å². The van der Waals surface area contributed by atoms with Crippen molar-refractivity contribution in [3.63, 3.8) is 0 Å². The lowest BCUT2D eigenvalue weighted by molar-refractivity contribution is 0.432. The Balaban J connectivity index is 1.97. The highest BCUT2D eigenvalue weighted by atomic mass is 35.5. The topological polar surface area (TPSA) is 78.6 Å². The van der Waals surface area contributed by atoms with Gasteiger partial charge >= 0.3 is 6.01 Å². The Hall–Kier alpha value is -2.54. The van der Waals surface area contributed by atoms with Gasteiger partial charge in [-0.2, -0.15) is 20.1 Å². The molecule has 0 atom stereocenters. The predicted octanol–water partition coefficient (Wildman–Crippen LogP) is 2.21. The van der Waals surface area contributed by atoms with Gasteiger partial charge in [-0.15, -0.1) is 0 Å². The molecule has 0 saturated carbocycles. The van der Waals surface area contributed by atoms with E-state index in [2.05, 4.69) is 25.0 Å². The third-order valence-electron chi connectivity index (χ3n) is 2.44. The molecule has 0 aliphatic heterocycles. The summed E-state index contributed by atoms with van der Waals surface area (Å²) >= 11 is 5.87. The Morgan fingerprint density at radius 3 is 2.80 bits per heavy atom. The van der Waals surface area contributed by atoms with Gasteiger partial charge in [-0.05, 0) is 36.7 Å². The summed E-state index contributed by atoms with van der Waals surface area (Å²) in [6.45, 7) is 1.83. The number of aryl methyl sites for hydroxylation is 1. The van der Waals surface area contributed by atoms with Crippen LogP contribution in [0.4, 0.5) is 0 Å². The van der Waals surface area contributed by atoms with Crippen molar-refractivity contribution in [2.75, 3.05) is 0 Å². The molecule has 0 N–H and O–H groups in total. The van der Waals surface area contributed by atoms with E-state index < -0.39 is 0 Å². The average Bonchev–Trinajstić information content (AvgIpc) is 2.95. The number of ether oxygens (including phenoxy) is 1. The number of aromatic nitrogens is 6. The molecule has 100 valence electrons. The van der Waals surface area contributed by atoms with Gasteiger partial charge in [-0.3, -0.25) is 4.98 Å². The monoisotopic (exact) mass is 288 g/mol. The Bertz CT molecular complexity index is 731. The maximum Gasteiger partial charge on any atom is 0.328 e. The van der Waals surface area contributed by atoms with E-state index in [0.29, 0.717) is 5.75 Å². The summed E-state index contributed by atoms with van der Waals surface area (Å²) in [5.74, 6) is 0.840. The molecule has 3 aromatic heterocycles. The van der Waals surface area contributed by atoms with Crippen molar-refractivity contribution in [3.8, 4) is 17.7 Å². The summed E-state index contributed by atoms with van der Waals surface area (Å²) in [5, 5.41) is 4.06. The molecule has 0 saturated heterocycles. The zero-order valence-corrected chi connectivity index (χ0v) is 11.2. The SMILES string of the molecule is Cc1ncccc1Oc1nc(Cl)nc(-n2cccn2)n1. The molecule has 3 aromatic rings. The lowest BCUT2D eigenvalue weighted by Gasteiger charge is -2.07. The van der Waals surface area contributed by atoms with E-state index in [4.69, 9.17) is 16.3 Å². The highest BCUT2D eigenvalue weighted by molar-refractivity contribution is 6.28. The predicted molar refractivity (Wildman–Crippen MR) is 71.0 cm³/mol. The summed E-state index contributed by atoms with van der Waals surface area (Å²) < 4.78 is 7.05. The van der Waals surface area contributed by atoms with Gasteiger partial charge < -0.3 is 4.74 Å². The van der Waals surface area contributed by atoms with Gasteiger partial charge in [0.2, 0.25) is 5.28 Å². The molecule has 0 aliphatic carbocycles. The van der Waals surface area contributed by atoms with Crippen molar-refractivity contribution in [1.29, 1.82) is 0 Å². The third-order valence-corrected chi connectivity index (χ3v) is 2.61. The molecule has 8 heteroatoms. The quantitative estimate of drug-likeness (QED) is 0.735. The van der Waals surface area contributed by atoms with Gasteiger partial charge in [0.25, 0.3) is 5.95 Å². The maximum atomic E-state index is 5.87. The Morgan fingerprint density at radius 1 is 1.15 bits per heavy atom. The van der Waals surface area contributed by atoms with Gasteiger partial charge in [-0.1, -0.05) is 0 Å². The van der Waals surface area contributed by atoms with E-state index in [0.717, 1.165) is 5.69 Å². The lowest BCUT2D eigenvalue weighted by atomic mass is 10.3. The molecular formula is C12H9ClN6O. The molecule has 0 bridgehead atoms. The fraction of sp³-hybridized carbons (Fsp3) is 0.0833. The molecule has 0 spiro atoms. The molecule has 3 rings (SSSR count). The molecule has 0 unspecified atom stereocenters. The summed E-state index contributed by atoms with van der Waals surface area (Å²) in [5.41, 5.74) is 0.727.